The van der Waals surface area contributed by atoms with E-state index in [1.54, 1.807) is 19.5 Å². The highest BCUT2D eigenvalue weighted by atomic mass is 32.2. The van der Waals surface area contributed by atoms with Crippen LogP contribution in [-0.4, -0.2) is 68.1 Å². The van der Waals surface area contributed by atoms with Crippen molar-refractivity contribution in [3.8, 4) is 11.5 Å². The molecule has 2 saturated heterocycles. The van der Waals surface area contributed by atoms with Crippen molar-refractivity contribution < 1.29 is 32.2 Å². The molecule has 0 radical (unpaired) electrons. The molecule has 5 aliphatic rings. The molecular formula is C40H48N2O7S. The molecular weight excluding hydrogens is 653 g/mol. The van der Waals surface area contributed by atoms with Crippen molar-refractivity contribution in [1.29, 1.82) is 0 Å². The van der Waals surface area contributed by atoms with Crippen molar-refractivity contribution >= 4 is 15.9 Å². The number of benzene rings is 2. The summed E-state index contributed by atoms with van der Waals surface area (Å²) < 4.78 is 53.6. The minimum absolute atomic E-state index is 0.0234. The van der Waals surface area contributed by atoms with Crippen LogP contribution in [0.25, 0.3) is 0 Å². The number of amides is 1. The summed E-state index contributed by atoms with van der Waals surface area (Å²) in [6.07, 6.45) is 10.6. The Bertz CT molecular complexity index is 1820. The quantitative estimate of drug-likeness (QED) is 0.233. The zero-order valence-electron chi connectivity index (χ0n) is 29.3. The molecule has 5 fully saturated rings. The van der Waals surface area contributed by atoms with Gasteiger partial charge < -0.3 is 18.9 Å². The second-order valence-electron chi connectivity index (χ2n) is 15.5. The molecule has 2 aliphatic heterocycles. The van der Waals surface area contributed by atoms with E-state index >= 15 is 4.79 Å². The summed E-state index contributed by atoms with van der Waals surface area (Å²) >= 11 is 0. The average Bonchev–Trinajstić information content (AvgIpc) is 3.93. The maximum Gasteiger partial charge on any atom is 0.244 e. The molecule has 0 N–H and O–H groups in total. The van der Waals surface area contributed by atoms with Crippen molar-refractivity contribution in [3.05, 3.63) is 89.2 Å². The lowest BCUT2D eigenvalue weighted by Crippen LogP contribution is -2.46. The average molecular weight is 701 g/mol. The van der Waals surface area contributed by atoms with Crippen molar-refractivity contribution in [2.24, 2.45) is 16.7 Å². The largest absolute Gasteiger partial charge is 0.493 e. The van der Waals surface area contributed by atoms with E-state index in [0.29, 0.717) is 43.5 Å². The summed E-state index contributed by atoms with van der Waals surface area (Å²) in [5.41, 5.74) is 2.94. The number of methoxy groups -OCH3 is 1. The van der Waals surface area contributed by atoms with Crippen LogP contribution in [0.1, 0.15) is 92.9 Å². The Morgan fingerprint density at radius 2 is 1.64 bits per heavy atom. The lowest BCUT2D eigenvalue weighted by molar-refractivity contribution is -0.131. The van der Waals surface area contributed by atoms with Crippen LogP contribution in [0, 0.1) is 16.7 Å². The fraction of sp³-hybridized carbons (Fsp3) is 0.550. The van der Waals surface area contributed by atoms with Gasteiger partial charge in [-0.1, -0.05) is 44.2 Å². The first-order valence-electron chi connectivity index (χ1n) is 18.2. The molecule has 9 nitrogen and oxygen atoms in total. The third kappa shape index (κ3) is 5.62. The van der Waals surface area contributed by atoms with E-state index in [1.165, 1.54) is 4.31 Å². The molecule has 3 heterocycles. The monoisotopic (exact) mass is 700 g/mol. The van der Waals surface area contributed by atoms with E-state index < -0.39 is 27.3 Å². The normalized spacial score (nSPS) is 28.1. The summed E-state index contributed by atoms with van der Waals surface area (Å²) in [5.74, 6) is -0.0689. The summed E-state index contributed by atoms with van der Waals surface area (Å²) in [7, 11) is -2.23. The van der Waals surface area contributed by atoms with E-state index in [2.05, 4.69) is 43.1 Å². The highest BCUT2D eigenvalue weighted by Gasteiger charge is 2.72. The van der Waals surface area contributed by atoms with Gasteiger partial charge in [0, 0.05) is 30.1 Å². The lowest BCUT2D eigenvalue weighted by Gasteiger charge is -2.38. The molecule has 10 heteroatoms. The molecule has 266 valence electrons. The molecule has 3 aromatic rings. The predicted molar refractivity (Wildman–Crippen MR) is 189 cm³/mol. The van der Waals surface area contributed by atoms with Crippen LogP contribution in [0.3, 0.4) is 0 Å². The smallest absolute Gasteiger partial charge is 0.244 e. The molecule has 2 aromatic carbocycles. The number of carbonyl (C=O) groups is 1. The van der Waals surface area contributed by atoms with Gasteiger partial charge in [-0.3, -0.25) is 9.78 Å². The van der Waals surface area contributed by atoms with E-state index in [0.717, 1.165) is 60.8 Å². The van der Waals surface area contributed by atoms with Gasteiger partial charge >= 0.3 is 0 Å². The van der Waals surface area contributed by atoms with Crippen LogP contribution in [0.2, 0.25) is 0 Å². The molecule has 50 heavy (non-hydrogen) atoms. The van der Waals surface area contributed by atoms with Crippen molar-refractivity contribution in [2.75, 3.05) is 26.1 Å². The third-order valence-electron chi connectivity index (χ3n) is 12.9. The first kappa shape index (κ1) is 33.7. The lowest BCUT2D eigenvalue weighted by atomic mass is 9.69. The second-order valence-corrected chi connectivity index (χ2v) is 17.4. The number of hydrogen-bond donors (Lipinski definition) is 0. The number of hydrogen-bond acceptors (Lipinski definition) is 8. The van der Waals surface area contributed by atoms with Crippen LogP contribution >= 0.6 is 0 Å². The highest BCUT2D eigenvalue weighted by Crippen LogP contribution is 2.70. The Morgan fingerprint density at radius 3 is 2.32 bits per heavy atom. The van der Waals surface area contributed by atoms with Gasteiger partial charge in [0.2, 0.25) is 15.9 Å². The minimum atomic E-state index is -3.87. The molecule has 1 aromatic heterocycles. The Labute approximate surface area is 295 Å². The maximum absolute atomic E-state index is 15.4. The summed E-state index contributed by atoms with van der Waals surface area (Å²) in [4.78, 5) is 19.7. The number of sulfonamides is 1. The summed E-state index contributed by atoms with van der Waals surface area (Å²) in [5, 5.41) is 0. The number of pyridine rings is 1. The number of ether oxygens (including phenoxy) is 4. The number of nitrogens with zero attached hydrogens (tertiary/aromatic N) is 2. The molecule has 2 bridgehead atoms. The number of carbonyl (C=O) groups excluding carboxylic acids is 1. The van der Waals surface area contributed by atoms with Gasteiger partial charge in [0.1, 0.15) is 0 Å². The summed E-state index contributed by atoms with van der Waals surface area (Å²) in [6, 6.07) is 17.5. The van der Waals surface area contributed by atoms with Gasteiger partial charge in [-0.2, -0.15) is 0 Å². The van der Waals surface area contributed by atoms with Gasteiger partial charge in [0.05, 0.1) is 44.1 Å². The van der Waals surface area contributed by atoms with Crippen LogP contribution in [-0.2, 0) is 30.7 Å². The number of fused-ring (bicyclic) bond motifs is 1. The van der Waals surface area contributed by atoms with Gasteiger partial charge in [0.15, 0.2) is 17.8 Å². The van der Waals surface area contributed by atoms with Gasteiger partial charge in [0.25, 0.3) is 0 Å². The van der Waals surface area contributed by atoms with Gasteiger partial charge in [-0.05, 0) is 103 Å². The van der Waals surface area contributed by atoms with Crippen molar-refractivity contribution in [2.45, 2.75) is 95.5 Å². The zero-order chi connectivity index (χ0) is 34.7. The topological polar surface area (TPSA) is 104 Å². The molecule has 3 aliphatic carbocycles. The standard InChI is InChI=1S/C40H48N2O7S/c1-39(2)30-14-17-40(39)25-50(44,45)42(34(40)24-30)38(43)37(28-15-18-41-19-16-28)36(27-10-8-26(9-11-27)22-35-47-20-21-48-35)29-12-13-32(46-3)33(23-29)49-31-6-4-5-7-31/h8-13,15-16,18-19,23,30-31,34-37H,4-7,14,17,20-22,24-25H2,1-3H3/t30?,34-,36+,37?,40-/m0/s1. The van der Waals surface area contributed by atoms with Crippen molar-refractivity contribution in [1.82, 2.24) is 9.29 Å². The van der Waals surface area contributed by atoms with Gasteiger partial charge in [-0.15, -0.1) is 0 Å². The van der Waals surface area contributed by atoms with Crippen LogP contribution in [0.5, 0.6) is 11.5 Å². The Balaban J connectivity index is 1.25. The second kappa shape index (κ2) is 12.9. The highest BCUT2D eigenvalue weighted by molar-refractivity contribution is 7.90. The molecule has 8 rings (SSSR count). The van der Waals surface area contributed by atoms with E-state index in [-0.39, 0.29) is 35.5 Å². The fourth-order valence-corrected chi connectivity index (χ4v) is 12.6. The Morgan fingerprint density at radius 1 is 0.940 bits per heavy atom. The van der Waals surface area contributed by atoms with Crippen LogP contribution in [0.4, 0.5) is 0 Å². The predicted octanol–water partition coefficient (Wildman–Crippen LogP) is 6.61. The van der Waals surface area contributed by atoms with Gasteiger partial charge in [-0.25, -0.2) is 12.7 Å². The number of rotatable bonds is 10. The van der Waals surface area contributed by atoms with Crippen LogP contribution < -0.4 is 9.47 Å². The number of aromatic nitrogens is 1. The first-order chi connectivity index (χ1) is 24.1. The zero-order valence-corrected chi connectivity index (χ0v) is 30.1. The molecule has 3 saturated carbocycles. The Kier molecular flexibility index (Phi) is 8.71. The first-order valence-corrected chi connectivity index (χ1v) is 19.8. The molecule has 5 atom stereocenters. The Hall–Kier alpha value is -3.47. The fourth-order valence-electron chi connectivity index (χ4n) is 10.1. The molecule has 2 unspecified atom stereocenters. The van der Waals surface area contributed by atoms with Crippen LogP contribution in [0.15, 0.2) is 67.0 Å². The molecule has 1 spiro atoms. The molecule has 1 amide bonds. The van der Waals surface area contributed by atoms with E-state index in [9.17, 15) is 8.42 Å². The maximum atomic E-state index is 15.4. The third-order valence-corrected chi connectivity index (χ3v) is 14.8. The van der Waals surface area contributed by atoms with E-state index in [4.69, 9.17) is 18.9 Å². The summed E-state index contributed by atoms with van der Waals surface area (Å²) in [6.45, 7) is 5.60. The van der Waals surface area contributed by atoms with Crippen molar-refractivity contribution in [3.63, 3.8) is 0 Å². The minimum Gasteiger partial charge on any atom is -0.493 e. The van der Waals surface area contributed by atoms with E-state index in [1.807, 2.05) is 30.3 Å². The SMILES string of the molecule is COc1ccc([C@@H](c2ccc(CC3OCCO3)cc2)C(C(=O)N2[C@H]3CC4CC[C@@]3(CS2(=O)=O)C4(C)C)c2ccncc2)cc1OC1CCCC1.